The van der Waals surface area contributed by atoms with Gasteiger partial charge in [0.15, 0.2) is 5.96 Å². The number of likely N-dealkylation sites (N-methyl/N-ethyl adjacent to an activating group) is 2. The van der Waals surface area contributed by atoms with Crippen LogP contribution in [0.15, 0.2) is 4.99 Å². The smallest absolute Gasteiger partial charge is 0.243 e. The zero-order valence-electron chi connectivity index (χ0n) is 17.9. The van der Waals surface area contributed by atoms with Crippen molar-refractivity contribution in [3.05, 3.63) is 0 Å². The van der Waals surface area contributed by atoms with Gasteiger partial charge in [-0.2, -0.15) is 0 Å². The Morgan fingerprint density at radius 3 is 2.44 bits per heavy atom. The van der Waals surface area contributed by atoms with E-state index in [1.807, 2.05) is 0 Å². The normalized spacial score (nSPS) is 15.6. The van der Waals surface area contributed by atoms with Gasteiger partial charge in [-0.1, -0.05) is 0 Å². The Hall–Kier alpha value is -0.610. The number of methoxy groups -OCH3 is 1. The minimum atomic E-state index is 0. The molecule has 160 valence electrons. The largest absolute Gasteiger partial charge is 0.383 e. The minimum Gasteiger partial charge on any atom is -0.383 e. The third-order valence-corrected chi connectivity index (χ3v) is 4.94. The molecule has 0 atom stereocenters. The molecule has 1 aliphatic heterocycles. The Labute approximate surface area is 182 Å². The maximum atomic E-state index is 11.8. The number of hydrogen-bond acceptors (Lipinski definition) is 4. The molecule has 1 rings (SSSR count). The predicted molar refractivity (Wildman–Crippen MR) is 123 cm³/mol. The van der Waals surface area contributed by atoms with E-state index in [0.717, 1.165) is 51.2 Å². The highest BCUT2D eigenvalue weighted by Crippen LogP contribution is 2.22. The van der Waals surface area contributed by atoms with Gasteiger partial charge in [-0.15, -0.1) is 24.0 Å². The Morgan fingerprint density at radius 2 is 1.89 bits per heavy atom. The lowest BCUT2D eigenvalue weighted by atomic mass is 9.92. The lowest BCUT2D eigenvalue weighted by molar-refractivity contribution is -0.127. The summed E-state index contributed by atoms with van der Waals surface area (Å²) in [5, 5.41) is 3.33. The molecule has 27 heavy (non-hydrogen) atoms. The van der Waals surface area contributed by atoms with Crippen LogP contribution in [0.3, 0.4) is 0 Å². The second-order valence-electron chi connectivity index (χ2n) is 7.33. The molecule has 8 heteroatoms. The Morgan fingerprint density at radius 1 is 1.22 bits per heavy atom. The van der Waals surface area contributed by atoms with Crippen molar-refractivity contribution >= 4 is 35.8 Å². The lowest BCUT2D eigenvalue weighted by Gasteiger charge is -2.34. The number of nitrogens with one attached hydrogen (secondary N) is 1. The topological polar surface area (TPSA) is 60.4 Å². The number of hydrogen-bond donors (Lipinski definition) is 1. The molecule has 1 saturated heterocycles. The summed E-state index contributed by atoms with van der Waals surface area (Å²) in [7, 11) is 7.45. The van der Waals surface area contributed by atoms with Crippen LogP contribution >= 0.6 is 24.0 Å². The summed E-state index contributed by atoms with van der Waals surface area (Å²) in [4.78, 5) is 22.5. The van der Waals surface area contributed by atoms with E-state index in [1.165, 1.54) is 25.7 Å². The fourth-order valence-electron chi connectivity index (χ4n) is 3.15. The number of ether oxygens (including phenoxy) is 1. The summed E-state index contributed by atoms with van der Waals surface area (Å²) in [5.74, 6) is 1.71. The third-order valence-electron chi connectivity index (χ3n) is 4.94. The molecule has 0 spiro atoms. The molecule has 0 aromatic carbocycles. The fraction of sp³-hybridized carbons (Fsp3) is 0.895. The van der Waals surface area contributed by atoms with Gasteiger partial charge in [0.25, 0.3) is 0 Å². The number of likely N-dealkylation sites (tertiary alicyclic amines) is 1. The van der Waals surface area contributed by atoms with E-state index in [2.05, 4.69) is 34.1 Å². The van der Waals surface area contributed by atoms with Gasteiger partial charge in [0.1, 0.15) is 6.54 Å². The van der Waals surface area contributed by atoms with Gasteiger partial charge < -0.3 is 24.8 Å². The van der Waals surface area contributed by atoms with Crippen molar-refractivity contribution in [3.8, 4) is 0 Å². The van der Waals surface area contributed by atoms with Gasteiger partial charge >= 0.3 is 0 Å². The summed E-state index contributed by atoms with van der Waals surface area (Å²) in [6, 6.07) is 0. The molecule has 1 amide bonds. The van der Waals surface area contributed by atoms with Gasteiger partial charge in [0.05, 0.1) is 6.61 Å². The van der Waals surface area contributed by atoms with E-state index < -0.39 is 0 Å². The van der Waals surface area contributed by atoms with Crippen molar-refractivity contribution in [1.82, 2.24) is 20.0 Å². The number of piperidine rings is 1. The molecule has 0 aliphatic carbocycles. The molecule has 7 nitrogen and oxygen atoms in total. The van der Waals surface area contributed by atoms with Gasteiger partial charge in [-0.25, -0.2) is 4.99 Å². The average Bonchev–Trinajstić information content (AvgIpc) is 2.63. The molecule has 0 saturated carbocycles. The van der Waals surface area contributed by atoms with Crippen molar-refractivity contribution < 1.29 is 9.53 Å². The molecule has 0 radical (unpaired) electrons. The first kappa shape index (κ1) is 26.4. The Bertz CT molecular complexity index is 426. The molecular weight excluding hydrogens is 457 g/mol. The van der Waals surface area contributed by atoms with Gasteiger partial charge in [-0.3, -0.25) is 4.79 Å². The van der Waals surface area contributed by atoms with E-state index in [-0.39, 0.29) is 36.4 Å². The summed E-state index contributed by atoms with van der Waals surface area (Å²) in [5.41, 5.74) is 0. The molecule has 1 aliphatic rings. The number of halogens is 1. The minimum absolute atomic E-state index is 0. The first-order valence-corrected chi connectivity index (χ1v) is 9.88. The molecule has 1 fully saturated rings. The van der Waals surface area contributed by atoms with Crippen molar-refractivity contribution in [1.29, 1.82) is 0 Å². The van der Waals surface area contributed by atoms with Gasteiger partial charge in [0.2, 0.25) is 5.91 Å². The van der Waals surface area contributed by atoms with E-state index in [9.17, 15) is 4.79 Å². The monoisotopic (exact) mass is 497 g/mol. The summed E-state index contributed by atoms with van der Waals surface area (Å²) < 4.78 is 5.12. The number of rotatable bonds is 10. The van der Waals surface area contributed by atoms with Crippen LogP contribution in [0.25, 0.3) is 0 Å². The lowest BCUT2D eigenvalue weighted by Crippen LogP contribution is -2.46. The maximum absolute atomic E-state index is 11.8. The second-order valence-corrected chi connectivity index (χ2v) is 7.33. The zero-order valence-corrected chi connectivity index (χ0v) is 20.2. The van der Waals surface area contributed by atoms with E-state index >= 15 is 0 Å². The standard InChI is InChI=1S/C19H39N5O2.HI/c1-6-20-19(21-16-18(25)22(2)3)24-12-9-17(10-13-24)8-7-11-23(4)14-15-26-5;/h17H,6-16H2,1-5H3,(H,20,21);1H. The highest BCUT2D eigenvalue weighted by Gasteiger charge is 2.21. The van der Waals surface area contributed by atoms with E-state index in [4.69, 9.17) is 4.74 Å². The van der Waals surface area contributed by atoms with Crippen LogP contribution in [0.4, 0.5) is 0 Å². The van der Waals surface area contributed by atoms with E-state index in [0.29, 0.717) is 0 Å². The third kappa shape index (κ3) is 11.1. The first-order chi connectivity index (χ1) is 12.5. The van der Waals surface area contributed by atoms with Crippen LogP contribution in [0.2, 0.25) is 0 Å². The highest BCUT2D eigenvalue weighted by molar-refractivity contribution is 14.0. The summed E-state index contributed by atoms with van der Waals surface area (Å²) in [6.07, 6.45) is 4.94. The summed E-state index contributed by atoms with van der Waals surface area (Å²) in [6.45, 7) is 8.08. The maximum Gasteiger partial charge on any atom is 0.243 e. The quantitative estimate of drug-likeness (QED) is 0.283. The molecular formula is C19H40IN5O2. The molecule has 1 N–H and O–H groups in total. The first-order valence-electron chi connectivity index (χ1n) is 9.88. The van der Waals surface area contributed by atoms with Crippen molar-refractivity contribution in [2.75, 3.05) is 74.1 Å². The molecule has 1 heterocycles. The van der Waals surface area contributed by atoms with Crippen molar-refractivity contribution in [3.63, 3.8) is 0 Å². The Kier molecular flexibility index (Phi) is 15.0. The van der Waals surface area contributed by atoms with Crippen molar-refractivity contribution in [2.45, 2.75) is 32.6 Å². The van der Waals surface area contributed by atoms with Crippen LogP contribution in [0.5, 0.6) is 0 Å². The van der Waals surface area contributed by atoms with Crippen molar-refractivity contribution in [2.24, 2.45) is 10.9 Å². The number of amides is 1. The van der Waals surface area contributed by atoms with E-state index in [1.54, 1.807) is 26.1 Å². The van der Waals surface area contributed by atoms with Gasteiger partial charge in [0, 0.05) is 47.4 Å². The zero-order chi connectivity index (χ0) is 19.4. The van der Waals surface area contributed by atoms with Crippen LogP contribution < -0.4 is 5.32 Å². The SMILES string of the molecule is CCNC(=NCC(=O)N(C)C)N1CCC(CCCN(C)CCOC)CC1.I. The fourth-order valence-corrected chi connectivity index (χ4v) is 3.15. The van der Waals surface area contributed by atoms with Crippen LogP contribution in [0.1, 0.15) is 32.6 Å². The molecule has 0 aromatic heterocycles. The predicted octanol–water partition coefficient (Wildman–Crippen LogP) is 1.73. The van der Waals surface area contributed by atoms with Gasteiger partial charge in [-0.05, 0) is 52.1 Å². The van der Waals surface area contributed by atoms with Crippen LogP contribution in [-0.2, 0) is 9.53 Å². The molecule has 0 bridgehead atoms. The average molecular weight is 497 g/mol. The number of carbonyl (C=O) groups is 1. The summed E-state index contributed by atoms with van der Waals surface area (Å²) >= 11 is 0. The molecule has 0 unspecified atom stereocenters. The number of aliphatic imine (C=N–C) groups is 1. The Balaban J connectivity index is 0.00000676. The van der Waals surface area contributed by atoms with Crippen LogP contribution in [-0.4, -0.2) is 101 Å². The highest BCUT2D eigenvalue weighted by atomic mass is 127. The number of guanidine groups is 1. The number of nitrogens with zero attached hydrogens (tertiary/aromatic N) is 4. The van der Waals surface area contributed by atoms with Crippen LogP contribution in [0, 0.1) is 5.92 Å². The number of carbonyl (C=O) groups excluding carboxylic acids is 1. The molecule has 0 aromatic rings. The second kappa shape index (κ2) is 15.3.